The van der Waals surface area contributed by atoms with Crippen LogP contribution in [0.1, 0.15) is 24.8 Å². The lowest BCUT2D eigenvalue weighted by Gasteiger charge is -2.21. The molecule has 1 atom stereocenters. The highest BCUT2D eigenvalue weighted by Gasteiger charge is 2.17. The first kappa shape index (κ1) is 21.0. The van der Waals surface area contributed by atoms with Gasteiger partial charge in [-0.1, -0.05) is 0 Å². The molecule has 4 rings (SSSR count). The van der Waals surface area contributed by atoms with Crippen molar-refractivity contribution in [2.24, 2.45) is 0 Å². The summed E-state index contributed by atoms with van der Waals surface area (Å²) in [5.74, 6) is -0.459. The number of carbonyl (C=O) groups excluding carboxylic acids is 1. The Hall–Kier alpha value is -3.21. The van der Waals surface area contributed by atoms with Crippen LogP contribution in [0.3, 0.4) is 0 Å². The van der Waals surface area contributed by atoms with Gasteiger partial charge in [0.15, 0.2) is 6.29 Å². The zero-order valence-corrected chi connectivity index (χ0v) is 17.4. The molecule has 9 nitrogen and oxygen atoms in total. The first-order valence-corrected chi connectivity index (χ1v) is 11.3. The summed E-state index contributed by atoms with van der Waals surface area (Å²) in [4.78, 5) is 17.3. The molecule has 10 heteroatoms. The molecule has 2 aromatic heterocycles. The molecule has 1 N–H and O–H groups in total. The van der Waals surface area contributed by atoms with Gasteiger partial charge in [-0.25, -0.2) is 27.4 Å². The van der Waals surface area contributed by atoms with Crippen molar-refractivity contribution in [3.63, 3.8) is 0 Å². The average molecular weight is 442 g/mol. The van der Waals surface area contributed by atoms with E-state index in [0.29, 0.717) is 12.2 Å². The molecule has 31 heavy (non-hydrogen) atoms. The highest BCUT2D eigenvalue weighted by atomic mass is 32.2. The topological polar surface area (TPSA) is 104 Å². The lowest BCUT2D eigenvalue weighted by Crippen LogP contribution is -2.32. The molecule has 1 unspecified atom stereocenters. The SMILES string of the molecule is O=C(/C=C/c1ccn(S(=O)(=O)c2ccc(-n3cccn3)cc2)c1)NOC1CCCCO1. The fraction of sp³-hybridized carbons (Fsp3) is 0.238. The maximum absolute atomic E-state index is 12.9. The molecular formula is C21H22N4O5S. The summed E-state index contributed by atoms with van der Waals surface area (Å²) in [6.07, 6.45) is 11.3. The smallest absolute Gasteiger partial charge is 0.267 e. The number of ether oxygens (including phenoxy) is 1. The van der Waals surface area contributed by atoms with E-state index in [2.05, 4.69) is 10.6 Å². The minimum absolute atomic E-state index is 0.146. The molecule has 1 fully saturated rings. The number of rotatable bonds is 7. The number of hydroxylamine groups is 1. The number of amides is 1. The number of hydrogen-bond acceptors (Lipinski definition) is 6. The molecule has 1 aliphatic heterocycles. The minimum atomic E-state index is -3.76. The van der Waals surface area contributed by atoms with Crippen molar-refractivity contribution in [3.8, 4) is 5.69 Å². The van der Waals surface area contributed by atoms with Gasteiger partial charge in [-0.3, -0.25) is 4.79 Å². The predicted molar refractivity (Wildman–Crippen MR) is 112 cm³/mol. The number of nitrogens with one attached hydrogen (secondary N) is 1. The molecule has 0 bridgehead atoms. The highest BCUT2D eigenvalue weighted by molar-refractivity contribution is 7.90. The maximum atomic E-state index is 12.9. The quantitative estimate of drug-likeness (QED) is 0.445. The van der Waals surface area contributed by atoms with Gasteiger partial charge in [0.2, 0.25) is 0 Å². The average Bonchev–Trinajstić information content (AvgIpc) is 3.50. The Morgan fingerprint density at radius 1 is 1.19 bits per heavy atom. The Kier molecular flexibility index (Phi) is 6.31. The van der Waals surface area contributed by atoms with E-state index >= 15 is 0 Å². The molecule has 1 saturated heterocycles. The summed E-state index contributed by atoms with van der Waals surface area (Å²) < 4.78 is 33.8. The van der Waals surface area contributed by atoms with Crippen molar-refractivity contribution in [2.75, 3.05) is 6.61 Å². The van der Waals surface area contributed by atoms with E-state index in [9.17, 15) is 13.2 Å². The molecule has 1 amide bonds. The summed E-state index contributed by atoms with van der Waals surface area (Å²) in [6.45, 7) is 0.615. The lowest BCUT2D eigenvalue weighted by atomic mass is 10.2. The van der Waals surface area contributed by atoms with Gasteiger partial charge >= 0.3 is 0 Å². The zero-order valence-electron chi connectivity index (χ0n) is 16.6. The Labute approximate surface area is 179 Å². The third-order valence-electron chi connectivity index (χ3n) is 4.73. The predicted octanol–water partition coefficient (Wildman–Crippen LogP) is 2.50. The fourth-order valence-corrected chi connectivity index (χ4v) is 4.29. The number of benzene rings is 1. The Balaban J connectivity index is 1.39. The minimum Gasteiger partial charge on any atom is -0.350 e. The van der Waals surface area contributed by atoms with Gasteiger partial charge in [-0.2, -0.15) is 5.10 Å². The van der Waals surface area contributed by atoms with Gasteiger partial charge in [0, 0.05) is 43.9 Å². The van der Waals surface area contributed by atoms with Gasteiger partial charge in [-0.05, 0) is 60.9 Å². The summed E-state index contributed by atoms with van der Waals surface area (Å²) in [5, 5.41) is 4.12. The molecule has 1 aliphatic rings. The van der Waals surface area contributed by atoms with E-state index in [1.807, 2.05) is 0 Å². The van der Waals surface area contributed by atoms with E-state index in [-0.39, 0.29) is 4.90 Å². The van der Waals surface area contributed by atoms with Crippen LogP contribution in [0.5, 0.6) is 0 Å². The lowest BCUT2D eigenvalue weighted by molar-refractivity contribution is -0.198. The third kappa shape index (κ3) is 5.10. The van der Waals surface area contributed by atoms with E-state index in [0.717, 1.165) is 28.9 Å². The molecule has 162 valence electrons. The number of nitrogens with zero attached hydrogens (tertiary/aromatic N) is 3. The van der Waals surface area contributed by atoms with Gasteiger partial charge in [-0.15, -0.1) is 0 Å². The second kappa shape index (κ2) is 9.29. The van der Waals surface area contributed by atoms with Crippen LogP contribution in [-0.2, 0) is 24.4 Å². The molecular weight excluding hydrogens is 420 g/mol. The normalized spacial score (nSPS) is 17.1. The molecule has 1 aromatic carbocycles. The van der Waals surface area contributed by atoms with E-state index < -0.39 is 22.2 Å². The number of hydrogen-bond donors (Lipinski definition) is 1. The van der Waals surface area contributed by atoms with Crippen LogP contribution in [0.15, 0.2) is 72.2 Å². The molecule has 0 saturated carbocycles. The Morgan fingerprint density at radius 2 is 2.03 bits per heavy atom. The van der Waals surface area contributed by atoms with Gasteiger partial charge in [0.05, 0.1) is 10.6 Å². The van der Waals surface area contributed by atoms with Crippen molar-refractivity contribution >= 4 is 22.0 Å². The van der Waals surface area contributed by atoms with Crippen molar-refractivity contribution in [3.05, 3.63) is 72.8 Å². The van der Waals surface area contributed by atoms with E-state index in [1.54, 1.807) is 41.3 Å². The molecule has 0 radical (unpaired) electrons. The first-order chi connectivity index (χ1) is 15.0. The van der Waals surface area contributed by atoms with Gasteiger partial charge < -0.3 is 4.74 Å². The van der Waals surface area contributed by atoms with Gasteiger partial charge in [0.25, 0.3) is 15.9 Å². The fourth-order valence-electron chi connectivity index (χ4n) is 3.09. The van der Waals surface area contributed by atoms with E-state index in [4.69, 9.17) is 9.57 Å². The van der Waals surface area contributed by atoms with Crippen LogP contribution in [0.25, 0.3) is 11.8 Å². The van der Waals surface area contributed by atoms with Crippen molar-refractivity contribution < 1.29 is 22.8 Å². The third-order valence-corrected chi connectivity index (χ3v) is 6.38. The molecule has 0 aliphatic carbocycles. The summed E-state index contributed by atoms with van der Waals surface area (Å²) in [6, 6.07) is 9.81. The number of aromatic nitrogens is 3. The van der Waals surface area contributed by atoms with Crippen LogP contribution in [0, 0.1) is 0 Å². The monoisotopic (exact) mass is 442 g/mol. The largest absolute Gasteiger partial charge is 0.350 e. The molecule has 0 spiro atoms. The maximum Gasteiger partial charge on any atom is 0.267 e. The zero-order chi connectivity index (χ0) is 21.7. The van der Waals surface area contributed by atoms with Crippen molar-refractivity contribution in [2.45, 2.75) is 30.4 Å². The van der Waals surface area contributed by atoms with Gasteiger partial charge in [0.1, 0.15) is 0 Å². The number of carbonyl (C=O) groups is 1. The van der Waals surface area contributed by atoms with E-state index in [1.165, 1.54) is 36.7 Å². The second-order valence-corrected chi connectivity index (χ2v) is 8.78. The Bertz CT molecular complexity index is 1140. The Morgan fingerprint density at radius 3 is 2.74 bits per heavy atom. The summed E-state index contributed by atoms with van der Waals surface area (Å²) >= 11 is 0. The van der Waals surface area contributed by atoms with Crippen LogP contribution < -0.4 is 5.48 Å². The summed E-state index contributed by atoms with van der Waals surface area (Å²) in [5.41, 5.74) is 3.63. The molecule has 3 aromatic rings. The van der Waals surface area contributed by atoms with Crippen molar-refractivity contribution in [1.29, 1.82) is 0 Å². The van der Waals surface area contributed by atoms with Crippen LogP contribution in [0.2, 0.25) is 0 Å². The molecule has 3 heterocycles. The van der Waals surface area contributed by atoms with Crippen molar-refractivity contribution in [1.82, 2.24) is 19.2 Å². The van der Waals surface area contributed by atoms with Crippen LogP contribution >= 0.6 is 0 Å². The second-order valence-electron chi connectivity index (χ2n) is 6.94. The standard InChI is InChI=1S/C21H22N4O5S/c26-20(23-30-21-4-1-2-15-29-21)10-5-17-11-14-24(16-17)31(27,28)19-8-6-18(7-9-19)25-13-3-12-22-25/h3,5-14,16,21H,1-2,4,15H2,(H,23,26)/b10-5+. The summed E-state index contributed by atoms with van der Waals surface area (Å²) in [7, 11) is -3.76. The van der Waals surface area contributed by atoms with Crippen LogP contribution in [0.4, 0.5) is 0 Å². The van der Waals surface area contributed by atoms with Crippen LogP contribution in [-0.4, -0.2) is 41.0 Å². The first-order valence-electron chi connectivity index (χ1n) is 9.81. The highest BCUT2D eigenvalue weighted by Crippen LogP contribution is 2.18.